The molecule has 2 rings (SSSR count). The molecule has 0 aliphatic heterocycles. The molecular weight excluding hydrogens is 367 g/mol. The van der Waals surface area contributed by atoms with Crippen LogP contribution >= 0.6 is 33.9 Å². The van der Waals surface area contributed by atoms with Gasteiger partial charge in [-0.2, -0.15) is 0 Å². The van der Waals surface area contributed by atoms with Crippen LogP contribution in [-0.2, 0) is 6.54 Å². The van der Waals surface area contributed by atoms with Crippen molar-refractivity contribution >= 4 is 39.9 Å². The van der Waals surface area contributed by atoms with Crippen LogP contribution in [0.3, 0.4) is 0 Å². The quantitative estimate of drug-likeness (QED) is 0.832. The summed E-state index contributed by atoms with van der Waals surface area (Å²) in [7, 11) is 0. The minimum absolute atomic E-state index is 0.103. The van der Waals surface area contributed by atoms with E-state index >= 15 is 0 Å². The van der Waals surface area contributed by atoms with E-state index < -0.39 is 5.97 Å². The van der Waals surface area contributed by atoms with Crippen LogP contribution in [0, 0.1) is 10.5 Å². The Balaban J connectivity index is 2.31. The summed E-state index contributed by atoms with van der Waals surface area (Å²) < 4.78 is 2.07. The summed E-state index contributed by atoms with van der Waals surface area (Å²) in [6.07, 6.45) is 1.49. The molecule has 2 aromatic heterocycles. The summed E-state index contributed by atoms with van der Waals surface area (Å²) in [5.41, 5.74) is 0.600. The fourth-order valence-electron chi connectivity index (χ4n) is 1.40. The van der Waals surface area contributed by atoms with Gasteiger partial charge in [0.05, 0.1) is 22.1 Å². The second-order valence-corrected chi connectivity index (χ2v) is 5.90. The average molecular weight is 376 g/mol. The van der Waals surface area contributed by atoms with Crippen LogP contribution in [0.1, 0.15) is 20.2 Å². The zero-order valence-electron chi connectivity index (χ0n) is 9.38. The number of carboxylic acid groups (broad SMARTS) is 1. The smallest absolute Gasteiger partial charge is 0.345 e. The number of rotatable bonds is 3. The molecule has 18 heavy (non-hydrogen) atoms. The van der Waals surface area contributed by atoms with Crippen LogP contribution in [0.4, 0.5) is 0 Å². The third-order valence-corrected chi connectivity index (χ3v) is 4.66. The van der Waals surface area contributed by atoms with Gasteiger partial charge >= 0.3 is 5.97 Å². The summed E-state index contributed by atoms with van der Waals surface area (Å²) in [5.74, 6) is -0.949. The van der Waals surface area contributed by atoms with Crippen molar-refractivity contribution in [3.05, 3.63) is 47.8 Å². The molecule has 2 heterocycles. The van der Waals surface area contributed by atoms with Crippen molar-refractivity contribution in [2.75, 3.05) is 0 Å². The first-order valence-electron chi connectivity index (χ1n) is 5.02. The summed E-state index contributed by atoms with van der Waals surface area (Å²) >= 11 is 3.13. The van der Waals surface area contributed by atoms with Crippen LogP contribution in [0.25, 0.3) is 0 Å². The minimum Gasteiger partial charge on any atom is -0.477 e. The summed E-state index contributed by atoms with van der Waals surface area (Å²) in [6, 6.07) is 3.26. The number of carbonyl (C=O) groups is 1. The molecule has 0 bridgehead atoms. The van der Waals surface area contributed by atoms with Crippen molar-refractivity contribution in [1.82, 2.24) is 9.55 Å². The van der Waals surface area contributed by atoms with Crippen LogP contribution in [0.2, 0.25) is 0 Å². The lowest BCUT2D eigenvalue weighted by Gasteiger charge is -2.04. The molecule has 0 saturated heterocycles. The number of thiophene rings is 1. The van der Waals surface area contributed by atoms with E-state index in [0.29, 0.717) is 15.8 Å². The molecule has 7 heteroatoms. The number of carboxylic acids is 1. The molecule has 0 atom stereocenters. The van der Waals surface area contributed by atoms with E-state index in [1.54, 1.807) is 19.1 Å². The Morgan fingerprint density at radius 2 is 2.28 bits per heavy atom. The lowest BCUT2D eigenvalue weighted by atomic mass is 10.4. The highest BCUT2D eigenvalue weighted by atomic mass is 127. The van der Waals surface area contributed by atoms with Crippen LogP contribution < -0.4 is 5.56 Å². The third-order valence-electron chi connectivity index (χ3n) is 2.36. The fourth-order valence-corrected chi connectivity index (χ4v) is 2.70. The van der Waals surface area contributed by atoms with E-state index in [1.165, 1.54) is 22.2 Å². The third kappa shape index (κ3) is 2.61. The Hall–Kier alpha value is -1.22. The monoisotopic (exact) mass is 376 g/mol. The molecule has 0 spiro atoms. The Morgan fingerprint density at radius 1 is 1.56 bits per heavy atom. The number of aromatic nitrogens is 2. The van der Waals surface area contributed by atoms with Crippen molar-refractivity contribution in [2.45, 2.75) is 13.5 Å². The lowest BCUT2D eigenvalue weighted by molar-refractivity contribution is 0.0702. The van der Waals surface area contributed by atoms with Gasteiger partial charge in [-0.15, -0.1) is 11.3 Å². The molecule has 1 N–H and O–H groups in total. The molecule has 0 aromatic carbocycles. The van der Waals surface area contributed by atoms with E-state index in [0.717, 1.165) is 4.88 Å². The van der Waals surface area contributed by atoms with E-state index in [1.807, 2.05) is 22.6 Å². The van der Waals surface area contributed by atoms with Gasteiger partial charge in [-0.25, -0.2) is 9.78 Å². The number of halogens is 1. The van der Waals surface area contributed by atoms with Crippen molar-refractivity contribution in [3.63, 3.8) is 0 Å². The molecule has 2 aromatic rings. The largest absolute Gasteiger partial charge is 0.477 e. The summed E-state index contributed by atoms with van der Waals surface area (Å²) in [5, 5.41) is 8.83. The molecule has 0 aliphatic rings. The first-order valence-corrected chi connectivity index (χ1v) is 6.92. The van der Waals surface area contributed by atoms with Crippen LogP contribution in [0.15, 0.2) is 23.3 Å². The zero-order chi connectivity index (χ0) is 13.3. The van der Waals surface area contributed by atoms with Crippen molar-refractivity contribution in [1.29, 1.82) is 0 Å². The first kappa shape index (κ1) is 13.2. The van der Waals surface area contributed by atoms with E-state index in [4.69, 9.17) is 5.11 Å². The molecular formula is C11H9IN2O3S. The van der Waals surface area contributed by atoms with Gasteiger partial charge in [-0.3, -0.25) is 9.36 Å². The number of hydrogen-bond acceptors (Lipinski definition) is 4. The molecule has 0 aliphatic carbocycles. The normalized spacial score (nSPS) is 10.6. The Bertz CT molecular complexity index is 663. The Kier molecular flexibility index (Phi) is 3.81. The van der Waals surface area contributed by atoms with Crippen molar-refractivity contribution < 1.29 is 9.90 Å². The van der Waals surface area contributed by atoms with E-state index in [-0.39, 0.29) is 10.4 Å². The first-order chi connectivity index (χ1) is 8.49. The maximum Gasteiger partial charge on any atom is 0.345 e. The summed E-state index contributed by atoms with van der Waals surface area (Å²) in [6.45, 7) is 2.13. The van der Waals surface area contributed by atoms with Crippen molar-refractivity contribution in [2.24, 2.45) is 0 Å². The van der Waals surface area contributed by atoms with Gasteiger partial charge in [0, 0.05) is 4.88 Å². The van der Waals surface area contributed by atoms with Crippen molar-refractivity contribution in [3.8, 4) is 0 Å². The maximum absolute atomic E-state index is 11.9. The highest BCUT2D eigenvalue weighted by Crippen LogP contribution is 2.17. The number of aromatic carboxylic acids is 1. The highest BCUT2D eigenvalue weighted by molar-refractivity contribution is 14.1. The number of nitrogens with zero attached hydrogens (tertiary/aromatic N) is 2. The van der Waals surface area contributed by atoms with E-state index in [2.05, 4.69) is 4.98 Å². The van der Waals surface area contributed by atoms with Gasteiger partial charge in [0.1, 0.15) is 4.88 Å². The predicted molar refractivity (Wildman–Crippen MR) is 76.3 cm³/mol. The second kappa shape index (κ2) is 5.19. The number of aryl methyl sites for hydroxylation is 1. The SMILES string of the molecule is Cc1ncn(Cc2ccc(C(=O)O)s2)c(=O)c1I. The average Bonchev–Trinajstić information content (AvgIpc) is 2.79. The van der Waals surface area contributed by atoms with Crippen LogP contribution in [-0.4, -0.2) is 20.6 Å². The molecule has 0 radical (unpaired) electrons. The van der Waals surface area contributed by atoms with Gasteiger partial charge in [0.15, 0.2) is 0 Å². The Labute approximate surface area is 120 Å². The maximum atomic E-state index is 11.9. The molecule has 94 valence electrons. The second-order valence-electron chi connectivity index (χ2n) is 3.65. The fraction of sp³-hybridized carbons (Fsp3) is 0.182. The Morgan fingerprint density at radius 3 is 2.89 bits per heavy atom. The number of hydrogen-bond donors (Lipinski definition) is 1. The van der Waals surface area contributed by atoms with E-state index in [9.17, 15) is 9.59 Å². The lowest BCUT2D eigenvalue weighted by Crippen LogP contribution is -2.24. The van der Waals surface area contributed by atoms with Crippen LogP contribution in [0.5, 0.6) is 0 Å². The zero-order valence-corrected chi connectivity index (χ0v) is 12.4. The standard InChI is InChI=1S/C11H9IN2O3S/c1-6-9(12)10(15)14(5-13-6)4-7-2-3-8(18-7)11(16)17/h2-3,5H,4H2,1H3,(H,16,17). The molecule has 0 amide bonds. The topological polar surface area (TPSA) is 72.2 Å². The highest BCUT2D eigenvalue weighted by Gasteiger charge is 2.09. The van der Waals surface area contributed by atoms with Gasteiger partial charge in [0.25, 0.3) is 5.56 Å². The summed E-state index contributed by atoms with van der Waals surface area (Å²) in [4.78, 5) is 27.9. The molecule has 5 nitrogen and oxygen atoms in total. The predicted octanol–water partition coefficient (Wildman–Crippen LogP) is 1.96. The molecule has 0 saturated carbocycles. The molecule has 0 fully saturated rings. The van der Waals surface area contributed by atoms with Gasteiger partial charge in [-0.05, 0) is 41.6 Å². The van der Waals surface area contributed by atoms with Gasteiger partial charge in [0.2, 0.25) is 0 Å². The minimum atomic E-state index is -0.949. The van der Waals surface area contributed by atoms with Gasteiger partial charge in [-0.1, -0.05) is 0 Å². The van der Waals surface area contributed by atoms with Gasteiger partial charge < -0.3 is 5.11 Å². The molecule has 0 unspecified atom stereocenters.